The van der Waals surface area contributed by atoms with Gasteiger partial charge in [-0.1, -0.05) is 23.7 Å². The summed E-state index contributed by atoms with van der Waals surface area (Å²) in [7, 11) is 0. The van der Waals surface area contributed by atoms with Gasteiger partial charge in [-0.25, -0.2) is 0 Å². The van der Waals surface area contributed by atoms with Crippen LogP contribution in [0.3, 0.4) is 0 Å². The molecule has 0 unspecified atom stereocenters. The largest absolute Gasteiger partial charge is 0.378 e. The van der Waals surface area contributed by atoms with Gasteiger partial charge in [-0.2, -0.15) is 5.10 Å². The van der Waals surface area contributed by atoms with Crippen LogP contribution < -0.4 is 4.90 Å². The molecular weight excluding hydrogens is 250 g/mol. The Kier molecular flexibility index (Phi) is 3.21. The molecule has 0 spiro atoms. The Balaban J connectivity index is 1.82. The highest BCUT2D eigenvalue weighted by Gasteiger charge is 2.14. The number of benzene rings is 1. The van der Waals surface area contributed by atoms with E-state index in [0.717, 1.165) is 48.4 Å². The van der Waals surface area contributed by atoms with Crippen molar-refractivity contribution < 1.29 is 4.74 Å². The van der Waals surface area contributed by atoms with Gasteiger partial charge in [-0.05, 0) is 17.7 Å². The zero-order chi connectivity index (χ0) is 12.4. The van der Waals surface area contributed by atoms with Crippen LogP contribution in [-0.4, -0.2) is 36.5 Å². The zero-order valence-corrected chi connectivity index (χ0v) is 10.7. The maximum Gasteiger partial charge on any atom is 0.151 e. The van der Waals surface area contributed by atoms with E-state index >= 15 is 0 Å². The molecule has 4 nitrogen and oxygen atoms in total. The minimum atomic E-state index is 0.742. The number of anilines is 1. The number of hydrogen-bond donors (Lipinski definition) is 1. The summed E-state index contributed by atoms with van der Waals surface area (Å²) >= 11 is 5.88. The lowest BCUT2D eigenvalue weighted by Crippen LogP contribution is -2.36. The van der Waals surface area contributed by atoms with Crippen LogP contribution in [0.25, 0.3) is 11.3 Å². The summed E-state index contributed by atoms with van der Waals surface area (Å²) in [6.07, 6.45) is 0. The lowest BCUT2D eigenvalue weighted by Gasteiger charge is -2.26. The highest BCUT2D eigenvalue weighted by molar-refractivity contribution is 6.30. The Hall–Kier alpha value is -1.52. The predicted molar refractivity (Wildman–Crippen MR) is 72.1 cm³/mol. The molecule has 1 aliphatic rings. The van der Waals surface area contributed by atoms with E-state index in [1.54, 1.807) is 0 Å². The second-order valence-electron chi connectivity index (χ2n) is 4.25. The summed E-state index contributed by atoms with van der Waals surface area (Å²) in [5.74, 6) is 0.975. The topological polar surface area (TPSA) is 41.1 Å². The molecule has 3 rings (SSSR count). The second-order valence-corrected chi connectivity index (χ2v) is 4.68. The molecule has 0 aliphatic carbocycles. The van der Waals surface area contributed by atoms with Gasteiger partial charge in [0.15, 0.2) is 5.82 Å². The van der Waals surface area contributed by atoms with Crippen molar-refractivity contribution in [1.82, 2.24) is 10.2 Å². The minimum Gasteiger partial charge on any atom is -0.378 e. The molecule has 1 aromatic carbocycles. The van der Waals surface area contributed by atoms with Gasteiger partial charge in [-0.15, -0.1) is 0 Å². The molecule has 2 heterocycles. The van der Waals surface area contributed by atoms with E-state index in [4.69, 9.17) is 16.3 Å². The maximum absolute atomic E-state index is 5.88. The summed E-state index contributed by atoms with van der Waals surface area (Å²) in [5.41, 5.74) is 2.10. The first kappa shape index (κ1) is 11.6. The Morgan fingerprint density at radius 3 is 2.61 bits per heavy atom. The van der Waals surface area contributed by atoms with E-state index in [1.807, 2.05) is 24.3 Å². The fourth-order valence-electron chi connectivity index (χ4n) is 2.04. The highest BCUT2D eigenvalue weighted by atomic mass is 35.5. The smallest absolute Gasteiger partial charge is 0.151 e. The van der Waals surface area contributed by atoms with Crippen molar-refractivity contribution >= 4 is 17.4 Å². The molecule has 1 saturated heterocycles. The van der Waals surface area contributed by atoms with Gasteiger partial charge in [0.05, 0.1) is 18.9 Å². The Labute approximate surface area is 111 Å². The number of hydrogen-bond acceptors (Lipinski definition) is 3. The van der Waals surface area contributed by atoms with Crippen molar-refractivity contribution in [2.24, 2.45) is 0 Å². The van der Waals surface area contributed by atoms with Crippen LogP contribution in [0.1, 0.15) is 0 Å². The molecule has 5 heteroatoms. The fourth-order valence-corrected chi connectivity index (χ4v) is 2.17. The van der Waals surface area contributed by atoms with Gasteiger partial charge >= 0.3 is 0 Å². The Bertz CT molecular complexity index is 517. The predicted octanol–water partition coefficient (Wildman–Crippen LogP) is 2.57. The lowest BCUT2D eigenvalue weighted by atomic mass is 10.1. The number of aromatic amines is 1. The molecule has 18 heavy (non-hydrogen) atoms. The normalized spacial score (nSPS) is 15.9. The number of nitrogens with one attached hydrogen (secondary N) is 1. The van der Waals surface area contributed by atoms with Gasteiger partial charge in [-0.3, -0.25) is 5.10 Å². The van der Waals surface area contributed by atoms with Crippen molar-refractivity contribution in [3.8, 4) is 11.3 Å². The molecule has 94 valence electrons. The SMILES string of the molecule is Clc1ccc(-c2cc(N3CCOCC3)n[nH]2)cc1. The van der Waals surface area contributed by atoms with Crippen molar-refractivity contribution in [2.45, 2.75) is 0 Å². The number of H-pyrrole nitrogens is 1. The monoisotopic (exact) mass is 263 g/mol. The van der Waals surface area contributed by atoms with Gasteiger partial charge in [0.1, 0.15) is 0 Å². The summed E-state index contributed by atoms with van der Waals surface area (Å²) in [5, 5.41) is 8.16. The van der Waals surface area contributed by atoms with Gasteiger partial charge in [0.25, 0.3) is 0 Å². The van der Waals surface area contributed by atoms with Crippen molar-refractivity contribution in [1.29, 1.82) is 0 Å². The fraction of sp³-hybridized carbons (Fsp3) is 0.308. The summed E-state index contributed by atoms with van der Waals surface area (Å²) in [6, 6.07) is 9.80. The number of nitrogens with zero attached hydrogens (tertiary/aromatic N) is 2. The van der Waals surface area contributed by atoms with E-state index in [2.05, 4.69) is 21.2 Å². The number of morpholine rings is 1. The molecule has 0 amide bonds. The van der Waals surface area contributed by atoms with Gasteiger partial charge in [0.2, 0.25) is 0 Å². The molecule has 0 atom stereocenters. The summed E-state index contributed by atoms with van der Waals surface area (Å²) < 4.78 is 5.33. The van der Waals surface area contributed by atoms with Crippen molar-refractivity contribution in [3.63, 3.8) is 0 Å². The molecular formula is C13H14ClN3O. The van der Waals surface area contributed by atoms with Crippen LogP contribution >= 0.6 is 11.6 Å². The first-order chi connectivity index (χ1) is 8.83. The zero-order valence-electron chi connectivity index (χ0n) is 9.90. The standard InChI is InChI=1S/C13H14ClN3O/c14-11-3-1-10(2-4-11)12-9-13(16-15-12)17-5-7-18-8-6-17/h1-4,9H,5-8H2,(H,15,16). The third-order valence-electron chi connectivity index (χ3n) is 3.05. The third-order valence-corrected chi connectivity index (χ3v) is 3.31. The number of aromatic nitrogens is 2. The molecule has 1 aliphatic heterocycles. The molecule has 1 fully saturated rings. The molecule has 0 radical (unpaired) electrons. The van der Waals surface area contributed by atoms with Crippen LogP contribution in [-0.2, 0) is 4.74 Å². The average molecular weight is 264 g/mol. The van der Waals surface area contributed by atoms with Crippen LogP contribution in [0.5, 0.6) is 0 Å². The lowest BCUT2D eigenvalue weighted by molar-refractivity contribution is 0.122. The molecule has 1 N–H and O–H groups in total. The van der Waals surface area contributed by atoms with E-state index in [-0.39, 0.29) is 0 Å². The minimum absolute atomic E-state index is 0.742. The third kappa shape index (κ3) is 2.35. The van der Waals surface area contributed by atoms with Crippen LogP contribution in [0.4, 0.5) is 5.82 Å². The highest BCUT2D eigenvalue weighted by Crippen LogP contribution is 2.23. The number of halogens is 1. The van der Waals surface area contributed by atoms with Crippen LogP contribution in [0.15, 0.2) is 30.3 Å². The van der Waals surface area contributed by atoms with E-state index < -0.39 is 0 Å². The molecule has 2 aromatic rings. The molecule has 0 bridgehead atoms. The second kappa shape index (κ2) is 5.00. The number of ether oxygens (including phenoxy) is 1. The first-order valence-electron chi connectivity index (χ1n) is 5.97. The van der Waals surface area contributed by atoms with Gasteiger partial charge in [0, 0.05) is 24.2 Å². The van der Waals surface area contributed by atoms with Crippen LogP contribution in [0, 0.1) is 0 Å². The molecule has 0 saturated carbocycles. The van der Waals surface area contributed by atoms with E-state index in [9.17, 15) is 0 Å². The maximum atomic E-state index is 5.88. The summed E-state index contributed by atoms with van der Waals surface area (Å²) in [6.45, 7) is 3.32. The summed E-state index contributed by atoms with van der Waals surface area (Å²) in [4.78, 5) is 2.22. The van der Waals surface area contributed by atoms with Gasteiger partial charge < -0.3 is 9.64 Å². The Morgan fingerprint density at radius 1 is 1.17 bits per heavy atom. The number of rotatable bonds is 2. The van der Waals surface area contributed by atoms with Crippen LogP contribution in [0.2, 0.25) is 5.02 Å². The quantitative estimate of drug-likeness (QED) is 0.905. The Morgan fingerprint density at radius 2 is 1.89 bits per heavy atom. The van der Waals surface area contributed by atoms with E-state index in [1.165, 1.54) is 0 Å². The van der Waals surface area contributed by atoms with E-state index in [0.29, 0.717) is 0 Å². The molecule has 1 aromatic heterocycles. The van der Waals surface area contributed by atoms with Crippen molar-refractivity contribution in [2.75, 3.05) is 31.2 Å². The van der Waals surface area contributed by atoms with Crippen molar-refractivity contribution in [3.05, 3.63) is 35.4 Å². The average Bonchev–Trinajstić information content (AvgIpc) is 2.90. The first-order valence-corrected chi connectivity index (χ1v) is 6.35.